The van der Waals surface area contributed by atoms with Crippen LogP contribution in [0, 0.1) is 6.20 Å². The Bertz CT molecular complexity index is 1180. The fourth-order valence-electron chi connectivity index (χ4n) is 3.66. The summed E-state index contributed by atoms with van der Waals surface area (Å²) in [6.45, 7) is -0.642. The lowest BCUT2D eigenvalue weighted by Gasteiger charge is -2.34. The predicted molar refractivity (Wildman–Crippen MR) is 103 cm³/mol. The zero-order valence-corrected chi connectivity index (χ0v) is 15.3. The monoisotopic (exact) mass is 393 g/mol. The van der Waals surface area contributed by atoms with Crippen molar-refractivity contribution in [2.75, 3.05) is 0 Å². The van der Waals surface area contributed by atoms with Gasteiger partial charge in [0.2, 0.25) is 5.92 Å². The van der Waals surface area contributed by atoms with Gasteiger partial charge in [0.25, 0.3) is 0 Å². The molecule has 1 aromatic carbocycles. The van der Waals surface area contributed by atoms with E-state index < -0.39 is 12.6 Å². The third kappa shape index (κ3) is 3.26. The lowest BCUT2D eigenvalue weighted by molar-refractivity contribution is -0.0868. The lowest BCUT2D eigenvalue weighted by Crippen LogP contribution is -2.33. The second-order valence-corrected chi connectivity index (χ2v) is 7.31. The van der Waals surface area contributed by atoms with E-state index in [1.54, 1.807) is 29.1 Å². The average molecular weight is 393 g/mol. The van der Waals surface area contributed by atoms with Crippen LogP contribution in [0.2, 0.25) is 0 Å². The summed E-state index contributed by atoms with van der Waals surface area (Å²) >= 11 is 0. The van der Waals surface area contributed by atoms with E-state index in [4.69, 9.17) is 0 Å². The molecule has 1 saturated carbocycles. The molecule has 5 rings (SSSR count). The van der Waals surface area contributed by atoms with Crippen molar-refractivity contribution >= 4 is 10.9 Å². The Hall–Kier alpha value is -3.22. The number of rotatable bonds is 4. The zero-order chi connectivity index (χ0) is 20.0. The van der Waals surface area contributed by atoms with E-state index in [9.17, 15) is 13.2 Å². The highest BCUT2D eigenvalue weighted by Crippen LogP contribution is 2.48. The minimum atomic E-state index is -2.56. The van der Waals surface area contributed by atoms with Gasteiger partial charge < -0.3 is 0 Å². The van der Waals surface area contributed by atoms with E-state index >= 15 is 0 Å². The molecule has 1 aliphatic carbocycles. The number of fused-ring (bicyclic) bond motifs is 1. The average Bonchev–Trinajstić information content (AvgIpc) is 3.15. The fourth-order valence-corrected chi connectivity index (χ4v) is 3.66. The second kappa shape index (κ2) is 6.69. The lowest BCUT2D eigenvalue weighted by atomic mass is 9.77. The van der Waals surface area contributed by atoms with Gasteiger partial charge in [-0.25, -0.2) is 27.8 Å². The maximum Gasteiger partial charge on any atom is 0.249 e. The second-order valence-electron chi connectivity index (χ2n) is 7.31. The number of pyridine rings is 2. The summed E-state index contributed by atoms with van der Waals surface area (Å²) in [5.41, 5.74) is 3.42. The van der Waals surface area contributed by atoms with Crippen molar-refractivity contribution in [3.05, 3.63) is 72.2 Å². The van der Waals surface area contributed by atoms with Gasteiger partial charge in [-0.3, -0.25) is 0 Å². The van der Waals surface area contributed by atoms with Crippen molar-refractivity contribution in [3.63, 3.8) is 0 Å². The van der Waals surface area contributed by atoms with Crippen LogP contribution in [0.4, 0.5) is 13.2 Å². The van der Waals surface area contributed by atoms with Gasteiger partial charge in [-0.1, -0.05) is 24.3 Å². The molecule has 0 aliphatic heterocycles. The number of hydrogen-bond acceptors (Lipinski definition) is 3. The first-order chi connectivity index (χ1) is 14.0. The molecule has 29 heavy (non-hydrogen) atoms. The number of hydrogen-bond donors (Lipinski definition) is 0. The number of aromatic nitrogens is 4. The van der Waals surface area contributed by atoms with Gasteiger partial charge in [-0.05, 0) is 35.7 Å². The maximum atomic E-state index is 13.1. The molecule has 1 fully saturated rings. The molecular weight excluding hydrogens is 377 g/mol. The van der Waals surface area contributed by atoms with Crippen molar-refractivity contribution in [1.29, 1.82) is 0 Å². The molecule has 3 aromatic heterocycles. The number of benzene rings is 1. The Kier molecular flexibility index (Phi) is 4.12. The minimum Gasteiger partial charge on any atom is -0.246 e. The van der Waals surface area contributed by atoms with Gasteiger partial charge in [0, 0.05) is 23.8 Å². The summed E-state index contributed by atoms with van der Waals surface area (Å²) < 4.78 is 40.8. The van der Waals surface area contributed by atoms with Crippen LogP contribution in [-0.4, -0.2) is 25.7 Å². The summed E-state index contributed by atoms with van der Waals surface area (Å²) in [4.78, 5) is 8.64. The number of nitrogens with zero attached hydrogens (tertiary/aromatic N) is 4. The highest BCUT2D eigenvalue weighted by molar-refractivity contribution is 5.84. The molecule has 0 atom stereocenters. The molecule has 4 aromatic rings. The van der Waals surface area contributed by atoms with E-state index in [2.05, 4.69) is 21.3 Å². The van der Waals surface area contributed by atoms with Gasteiger partial charge in [0.05, 0.1) is 29.3 Å². The first-order valence-electron chi connectivity index (χ1n) is 9.29. The molecule has 3 heterocycles. The van der Waals surface area contributed by atoms with Crippen LogP contribution in [0.1, 0.15) is 30.0 Å². The molecule has 4 nitrogen and oxygen atoms in total. The van der Waals surface area contributed by atoms with E-state index in [1.165, 1.54) is 0 Å². The molecular formula is C22H16F3N4. The summed E-state index contributed by atoms with van der Waals surface area (Å²) in [7, 11) is 0. The van der Waals surface area contributed by atoms with Crippen LogP contribution in [0.15, 0.2) is 54.7 Å². The van der Waals surface area contributed by atoms with Crippen molar-refractivity contribution in [2.45, 2.75) is 31.4 Å². The third-order valence-electron chi connectivity index (χ3n) is 5.27. The van der Waals surface area contributed by atoms with Gasteiger partial charge in [0.1, 0.15) is 6.67 Å². The van der Waals surface area contributed by atoms with E-state index in [1.807, 2.05) is 30.3 Å². The maximum absolute atomic E-state index is 13.1. The summed E-state index contributed by atoms with van der Waals surface area (Å²) in [6, 6.07) is 14.6. The first kappa shape index (κ1) is 17.8. The van der Waals surface area contributed by atoms with Crippen LogP contribution >= 0.6 is 0 Å². The number of alkyl halides is 3. The normalized spacial score (nSPS) is 16.1. The van der Waals surface area contributed by atoms with Crippen LogP contribution in [0.3, 0.4) is 0 Å². The van der Waals surface area contributed by atoms with E-state index in [0.29, 0.717) is 17.2 Å². The highest BCUT2D eigenvalue weighted by Gasteiger charge is 2.45. The molecule has 0 unspecified atom stereocenters. The first-order valence-corrected chi connectivity index (χ1v) is 9.29. The van der Waals surface area contributed by atoms with Crippen LogP contribution in [0.5, 0.6) is 0 Å². The Labute approximate surface area is 165 Å². The van der Waals surface area contributed by atoms with Crippen molar-refractivity contribution in [1.82, 2.24) is 19.7 Å². The summed E-state index contributed by atoms with van der Waals surface area (Å²) in [6.07, 6.45) is 4.37. The molecule has 0 spiro atoms. The van der Waals surface area contributed by atoms with Crippen molar-refractivity contribution < 1.29 is 13.2 Å². The van der Waals surface area contributed by atoms with Gasteiger partial charge in [0.15, 0.2) is 5.82 Å². The topological polar surface area (TPSA) is 43.6 Å². The SMILES string of the molecule is FCc1cccc(-n2ncc3ccc(-c4ccc(C5CC(F)(F)C5)[c]n4)cc32)n1. The Balaban J connectivity index is 1.48. The van der Waals surface area contributed by atoms with E-state index in [0.717, 1.165) is 22.0 Å². The van der Waals surface area contributed by atoms with Crippen LogP contribution in [0.25, 0.3) is 28.0 Å². The molecule has 0 bridgehead atoms. The van der Waals surface area contributed by atoms with Gasteiger partial charge >= 0.3 is 0 Å². The molecule has 0 N–H and O–H groups in total. The zero-order valence-electron chi connectivity index (χ0n) is 15.3. The standard InChI is InChI=1S/C22H16F3N4/c23-11-18-2-1-3-21(28-18)29-20-8-14(4-5-16(20)13-27-29)19-7-6-15(12-26-19)17-9-22(24,25)10-17/h1-8,13,17H,9-11H2. The molecule has 145 valence electrons. The van der Waals surface area contributed by atoms with Crippen LogP contribution in [-0.2, 0) is 6.67 Å². The van der Waals surface area contributed by atoms with Crippen molar-refractivity contribution in [2.24, 2.45) is 0 Å². The smallest absolute Gasteiger partial charge is 0.246 e. The Morgan fingerprint density at radius 1 is 1.10 bits per heavy atom. The molecule has 1 aliphatic rings. The largest absolute Gasteiger partial charge is 0.249 e. The predicted octanol–water partition coefficient (Wildman–Crippen LogP) is 5.26. The summed E-state index contributed by atoms with van der Waals surface area (Å²) in [5, 5.41) is 5.29. The molecule has 1 radical (unpaired) electrons. The Morgan fingerprint density at radius 2 is 1.97 bits per heavy atom. The molecule has 7 heteroatoms. The molecule has 0 saturated heterocycles. The quantitative estimate of drug-likeness (QED) is 0.475. The van der Waals surface area contributed by atoms with Gasteiger partial charge in [-0.2, -0.15) is 5.10 Å². The summed E-state index contributed by atoms with van der Waals surface area (Å²) in [5.74, 6) is -2.20. The van der Waals surface area contributed by atoms with Crippen molar-refractivity contribution in [3.8, 4) is 17.1 Å². The molecule has 0 amide bonds. The Morgan fingerprint density at radius 3 is 2.69 bits per heavy atom. The number of halogens is 3. The van der Waals surface area contributed by atoms with E-state index in [-0.39, 0.29) is 18.8 Å². The fraction of sp³-hybridized carbons (Fsp3) is 0.227. The minimum absolute atomic E-state index is 0.138. The van der Waals surface area contributed by atoms with Gasteiger partial charge in [-0.15, -0.1) is 0 Å². The highest BCUT2D eigenvalue weighted by atomic mass is 19.3. The van der Waals surface area contributed by atoms with Crippen LogP contribution < -0.4 is 0 Å². The third-order valence-corrected chi connectivity index (χ3v) is 5.27.